The highest BCUT2D eigenvalue weighted by molar-refractivity contribution is 5.95. The zero-order valence-electron chi connectivity index (χ0n) is 14.2. The summed E-state index contributed by atoms with van der Waals surface area (Å²) in [5.41, 5.74) is 6.78. The normalized spacial score (nSPS) is 19.4. The third kappa shape index (κ3) is 3.72. The minimum atomic E-state index is -4.69. The maximum absolute atomic E-state index is 12.8. The molecule has 0 saturated carbocycles. The maximum atomic E-state index is 12.8. The number of benzene rings is 1. The van der Waals surface area contributed by atoms with Crippen molar-refractivity contribution in [2.75, 3.05) is 6.54 Å². The van der Waals surface area contributed by atoms with Crippen molar-refractivity contribution >= 4 is 5.91 Å². The smallest absolute Gasteiger partial charge is 0.334 e. The summed E-state index contributed by atoms with van der Waals surface area (Å²) < 4.78 is 41.8. The van der Waals surface area contributed by atoms with Gasteiger partial charge in [-0.2, -0.15) is 18.2 Å². The molecule has 140 valence electrons. The van der Waals surface area contributed by atoms with E-state index >= 15 is 0 Å². The first-order valence-electron chi connectivity index (χ1n) is 8.35. The predicted molar refractivity (Wildman–Crippen MR) is 87.1 cm³/mol. The molecule has 2 aromatic rings. The van der Waals surface area contributed by atoms with Crippen LogP contribution in [0.1, 0.15) is 42.4 Å². The van der Waals surface area contributed by atoms with Gasteiger partial charge in [-0.25, -0.2) is 0 Å². The lowest BCUT2D eigenvalue weighted by Crippen LogP contribution is -2.51. The molecule has 1 aromatic heterocycles. The zero-order valence-corrected chi connectivity index (χ0v) is 14.2. The molecule has 1 fully saturated rings. The Morgan fingerprint density at radius 2 is 2.00 bits per heavy atom. The second-order valence-corrected chi connectivity index (χ2v) is 6.42. The highest BCUT2D eigenvalue weighted by atomic mass is 19.4. The van der Waals surface area contributed by atoms with E-state index < -0.39 is 12.1 Å². The average molecular weight is 368 g/mol. The number of nitrogens with zero attached hydrogens (tertiary/aromatic N) is 3. The number of hydrogen-bond donors (Lipinski definition) is 1. The van der Waals surface area contributed by atoms with Crippen molar-refractivity contribution in [1.82, 2.24) is 15.0 Å². The Bertz CT molecular complexity index is 771. The fourth-order valence-corrected chi connectivity index (χ4v) is 3.14. The molecule has 26 heavy (non-hydrogen) atoms. The molecule has 1 aliphatic heterocycles. The summed E-state index contributed by atoms with van der Waals surface area (Å²) in [6.07, 6.45) is -1.86. The quantitative estimate of drug-likeness (QED) is 0.900. The largest absolute Gasteiger partial charge is 0.471 e. The van der Waals surface area contributed by atoms with E-state index in [1.807, 2.05) is 6.92 Å². The van der Waals surface area contributed by atoms with Crippen LogP contribution in [-0.4, -0.2) is 39.6 Å². The summed E-state index contributed by atoms with van der Waals surface area (Å²) in [5, 5.41) is 3.33. The van der Waals surface area contributed by atoms with Crippen LogP contribution in [0.25, 0.3) is 11.4 Å². The van der Waals surface area contributed by atoms with Gasteiger partial charge in [0.25, 0.3) is 5.91 Å². The van der Waals surface area contributed by atoms with Crippen molar-refractivity contribution in [2.24, 2.45) is 5.73 Å². The van der Waals surface area contributed by atoms with Crippen LogP contribution < -0.4 is 5.73 Å². The topological polar surface area (TPSA) is 85.2 Å². The number of carbonyl (C=O) groups excluding carboxylic acids is 1. The molecule has 0 spiro atoms. The van der Waals surface area contributed by atoms with Crippen LogP contribution in [0.15, 0.2) is 28.8 Å². The molecule has 0 radical (unpaired) electrons. The highest BCUT2D eigenvalue weighted by Crippen LogP contribution is 2.29. The van der Waals surface area contributed by atoms with E-state index in [2.05, 4.69) is 14.7 Å². The van der Waals surface area contributed by atoms with E-state index in [1.54, 1.807) is 17.0 Å². The number of piperidine rings is 1. The molecule has 2 heterocycles. The lowest BCUT2D eigenvalue weighted by Gasteiger charge is -2.38. The van der Waals surface area contributed by atoms with Crippen molar-refractivity contribution in [3.05, 3.63) is 35.7 Å². The minimum absolute atomic E-state index is 0.0116. The van der Waals surface area contributed by atoms with E-state index in [9.17, 15) is 18.0 Å². The molecule has 0 bridgehead atoms. The third-order valence-electron chi connectivity index (χ3n) is 4.48. The monoisotopic (exact) mass is 368 g/mol. The van der Waals surface area contributed by atoms with Gasteiger partial charge in [0, 0.05) is 29.8 Å². The molecule has 9 heteroatoms. The van der Waals surface area contributed by atoms with Gasteiger partial charge in [-0.3, -0.25) is 4.79 Å². The first-order chi connectivity index (χ1) is 12.3. The van der Waals surface area contributed by atoms with Crippen LogP contribution in [0.3, 0.4) is 0 Å². The summed E-state index contributed by atoms with van der Waals surface area (Å²) >= 11 is 0. The van der Waals surface area contributed by atoms with Crippen LogP contribution in [0, 0.1) is 0 Å². The first-order valence-corrected chi connectivity index (χ1v) is 8.35. The second-order valence-electron chi connectivity index (χ2n) is 6.42. The van der Waals surface area contributed by atoms with E-state index in [4.69, 9.17) is 5.73 Å². The number of carbonyl (C=O) groups is 1. The zero-order chi connectivity index (χ0) is 18.9. The van der Waals surface area contributed by atoms with Gasteiger partial charge in [0.2, 0.25) is 5.82 Å². The van der Waals surface area contributed by atoms with Crippen molar-refractivity contribution in [3.63, 3.8) is 0 Å². The van der Waals surface area contributed by atoms with Crippen molar-refractivity contribution < 1.29 is 22.5 Å². The fourth-order valence-electron chi connectivity index (χ4n) is 3.14. The summed E-state index contributed by atoms with van der Waals surface area (Å²) in [7, 11) is 0. The van der Waals surface area contributed by atoms with Gasteiger partial charge in [-0.05, 0) is 38.3 Å². The van der Waals surface area contributed by atoms with Gasteiger partial charge in [-0.15, -0.1) is 0 Å². The summed E-state index contributed by atoms with van der Waals surface area (Å²) in [4.78, 5) is 17.9. The number of alkyl halides is 3. The summed E-state index contributed by atoms with van der Waals surface area (Å²) in [5.74, 6) is -1.72. The van der Waals surface area contributed by atoms with Crippen LogP contribution in [-0.2, 0) is 6.18 Å². The van der Waals surface area contributed by atoms with E-state index in [-0.39, 0.29) is 23.8 Å². The Kier molecular flexibility index (Phi) is 4.99. The third-order valence-corrected chi connectivity index (χ3v) is 4.48. The van der Waals surface area contributed by atoms with E-state index in [0.717, 1.165) is 19.3 Å². The first kappa shape index (κ1) is 18.4. The molecule has 1 aromatic carbocycles. The standard InChI is InChI=1S/C17H19F3N4O2/c1-10(21)13-4-2-3-9-24(13)15(25)12-7-5-11(6-8-12)14-22-16(26-23-14)17(18,19)20/h5-8,10,13H,2-4,9,21H2,1H3/t10-,13+/m0/s1. The summed E-state index contributed by atoms with van der Waals surface area (Å²) in [6, 6.07) is 5.97. The lowest BCUT2D eigenvalue weighted by atomic mass is 9.96. The SMILES string of the molecule is C[C@H](N)[C@H]1CCCCN1C(=O)c1ccc(-c2noc(C(F)(F)F)n2)cc1. The lowest BCUT2D eigenvalue weighted by molar-refractivity contribution is -0.159. The molecular weight excluding hydrogens is 349 g/mol. The average Bonchev–Trinajstić information content (AvgIpc) is 3.12. The summed E-state index contributed by atoms with van der Waals surface area (Å²) in [6.45, 7) is 2.53. The van der Waals surface area contributed by atoms with Gasteiger partial charge < -0.3 is 15.2 Å². The van der Waals surface area contributed by atoms with Gasteiger partial charge in [0.1, 0.15) is 0 Å². The molecule has 1 saturated heterocycles. The fraction of sp³-hybridized carbons (Fsp3) is 0.471. The van der Waals surface area contributed by atoms with Gasteiger partial charge in [0.05, 0.1) is 0 Å². The molecule has 0 aliphatic carbocycles. The molecule has 6 nitrogen and oxygen atoms in total. The Morgan fingerprint density at radius 3 is 2.58 bits per heavy atom. The van der Waals surface area contributed by atoms with Crippen LogP contribution in [0.2, 0.25) is 0 Å². The molecule has 3 rings (SSSR count). The number of nitrogens with two attached hydrogens (primary N) is 1. The number of likely N-dealkylation sites (tertiary alicyclic amines) is 1. The van der Waals surface area contributed by atoms with Crippen molar-refractivity contribution in [3.8, 4) is 11.4 Å². The number of hydrogen-bond acceptors (Lipinski definition) is 5. The maximum Gasteiger partial charge on any atom is 0.471 e. The Balaban J connectivity index is 1.78. The number of aromatic nitrogens is 2. The molecule has 1 amide bonds. The predicted octanol–water partition coefficient (Wildman–Crippen LogP) is 3.10. The van der Waals surface area contributed by atoms with Crippen molar-refractivity contribution in [2.45, 2.75) is 44.4 Å². The number of amides is 1. The van der Waals surface area contributed by atoms with Crippen LogP contribution in [0.4, 0.5) is 13.2 Å². The number of rotatable bonds is 3. The second kappa shape index (κ2) is 7.06. The highest BCUT2D eigenvalue weighted by Gasteiger charge is 2.38. The Labute approximate surface area is 148 Å². The number of halogens is 3. The van der Waals surface area contributed by atoms with Crippen LogP contribution in [0.5, 0.6) is 0 Å². The Morgan fingerprint density at radius 1 is 1.31 bits per heavy atom. The molecule has 2 atom stereocenters. The van der Waals surface area contributed by atoms with Gasteiger partial charge in [0.15, 0.2) is 0 Å². The van der Waals surface area contributed by atoms with Gasteiger partial charge in [-0.1, -0.05) is 17.3 Å². The van der Waals surface area contributed by atoms with Crippen LogP contribution >= 0.6 is 0 Å². The van der Waals surface area contributed by atoms with Crippen molar-refractivity contribution in [1.29, 1.82) is 0 Å². The molecule has 2 N–H and O–H groups in total. The molecular formula is C17H19F3N4O2. The minimum Gasteiger partial charge on any atom is -0.334 e. The molecule has 1 aliphatic rings. The van der Waals surface area contributed by atoms with E-state index in [1.165, 1.54) is 12.1 Å². The van der Waals surface area contributed by atoms with E-state index in [0.29, 0.717) is 17.7 Å². The molecule has 0 unspecified atom stereocenters. The van der Waals surface area contributed by atoms with Gasteiger partial charge >= 0.3 is 12.1 Å². The Hall–Kier alpha value is -2.42.